The van der Waals surface area contributed by atoms with Crippen molar-refractivity contribution >= 4 is 5.91 Å². The van der Waals surface area contributed by atoms with Crippen LogP contribution in [-0.2, 0) is 4.79 Å². The van der Waals surface area contributed by atoms with Crippen LogP contribution in [0.2, 0.25) is 0 Å². The van der Waals surface area contributed by atoms with Gasteiger partial charge in [-0.2, -0.15) is 0 Å². The van der Waals surface area contributed by atoms with Crippen molar-refractivity contribution in [1.82, 2.24) is 10.2 Å². The molecular weight excluding hydrogens is 238 g/mol. The Labute approximate surface area is 115 Å². The second-order valence-corrected chi connectivity index (χ2v) is 4.66. The van der Waals surface area contributed by atoms with E-state index in [-0.39, 0.29) is 11.9 Å². The van der Waals surface area contributed by atoms with Crippen LogP contribution in [0.15, 0.2) is 24.3 Å². The molecule has 1 aromatic carbocycles. The van der Waals surface area contributed by atoms with Crippen molar-refractivity contribution in [2.75, 3.05) is 27.2 Å². The van der Waals surface area contributed by atoms with E-state index >= 15 is 0 Å². The summed E-state index contributed by atoms with van der Waals surface area (Å²) in [6.07, 6.45) is 0. The lowest BCUT2D eigenvalue weighted by atomic mass is 10.1. The fourth-order valence-electron chi connectivity index (χ4n) is 1.70. The van der Waals surface area contributed by atoms with E-state index in [9.17, 15) is 4.79 Å². The normalized spacial score (nSPS) is 11.6. The average molecular weight is 259 g/mol. The summed E-state index contributed by atoms with van der Waals surface area (Å²) in [6, 6.07) is 7.79. The van der Waals surface area contributed by atoms with Crippen LogP contribution in [-0.4, -0.2) is 38.0 Å². The molecule has 0 spiro atoms. The number of nitrogens with two attached hydrogens (primary N) is 1. The fraction of sp³-hybridized carbons (Fsp3) is 0.400. The number of hydrogen-bond donors (Lipinski definition) is 2. The van der Waals surface area contributed by atoms with Gasteiger partial charge in [-0.25, -0.2) is 0 Å². The van der Waals surface area contributed by atoms with Crippen LogP contribution >= 0.6 is 0 Å². The molecule has 1 aromatic rings. The van der Waals surface area contributed by atoms with E-state index in [1.165, 1.54) is 0 Å². The molecule has 1 rings (SSSR count). The van der Waals surface area contributed by atoms with Crippen molar-refractivity contribution in [3.05, 3.63) is 35.4 Å². The minimum Gasteiger partial charge on any atom is -0.348 e. The van der Waals surface area contributed by atoms with Gasteiger partial charge < -0.3 is 16.0 Å². The number of hydrogen-bond acceptors (Lipinski definition) is 3. The first-order valence-corrected chi connectivity index (χ1v) is 6.26. The highest BCUT2D eigenvalue weighted by Crippen LogP contribution is 2.13. The molecule has 102 valence electrons. The van der Waals surface area contributed by atoms with Gasteiger partial charge in [-0.15, -0.1) is 0 Å². The second kappa shape index (κ2) is 7.57. The van der Waals surface area contributed by atoms with Gasteiger partial charge in [0.05, 0.1) is 19.1 Å². The topological polar surface area (TPSA) is 58.4 Å². The van der Waals surface area contributed by atoms with Crippen LogP contribution in [0, 0.1) is 11.8 Å². The van der Waals surface area contributed by atoms with E-state index in [4.69, 9.17) is 5.73 Å². The Bertz CT molecular complexity index is 486. The third-order valence-electron chi connectivity index (χ3n) is 2.56. The summed E-state index contributed by atoms with van der Waals surface area (Å²) in [5.74, 6) is 5.82. The third kappa shape index (κ3) is 5.56. The quantitative estimate of drug-likeness (QED) is 0.784. The Balaban J connectivity index is 2.71. The Hall–Kier alpha value is -1.83. The Kier molecular flexibility index (Phi) is 6.07. The first kappa shape index (κ1) is 15.2. The van der Waals surface area contributed by atoms with Gasteiger partial charge in [0.15, 0.2) is 0 Å². The molecule has 0 aliphatic heterocycles. The SMILES string of the molecule is CC(NC(=O)CN(C)C)c1cccc(C#CCN)c1. The van der Waals surface area contributed by atoms with Crippen molar-refractivity contribution in [2.45, 2.75) is 13.0 Å². The van der Waals surface area contributed by atoms with E-state index in [0.29, 0.717) is 13.1 Å². The molecule has 1 amide bonds. The van der Waals surface area contributed by atoms with Gasteiger partial charge in [-0.1, -0.05) is 24.0 Å². The number of carbonyl (C=O) groups is 1. The van der Waals surface area contributed by atoms with Crippen molar-refractivity contribution < 1.29 is 4.79 Å². The lowest BCUT2D eigenvalue weighted by molar-refractivity contribution is -0.122. The summed E-state index contributed by atoms with van der Waals surface area (Å²) in [7, 11) is 3.74. The molecule has 0 radical (unpaired) electrons. The van der Waals surface area contributed by atoms with Crippen molar-refractivity contribution in [2.24, 2.45) is 5.73 Å². The Morgan fingerprint density at radius 3 is 2.84 bits per heavy atom. The number of nitrogens with zero attached hydrogens (tertiary/aromatic N) is 1. The average Bonchev–Trinajstić information content (AvgIpc) is 2.35. The molecule has 19 heavy (non-hydrogen) atoms. The third-order valence-corrected chi connectivity index (χ3v) is 2.56. The van der Waals surface area contributed by atoms with Crippen molar-refractivity contribution in [3.63, 3.8) is 0 Å². The van der Waals surface area contributed by atoms with Crippen molar-refractivity contribution in [3.8, 4) is 11.8 Å². The number of benzene rings is 1. The zero-order chi connectivity index (χ0) is 14.3. The summed E-state index contributed by atoms with van der Waals surface area (Å²) in [6.45, 7) is 2.69. The van der Waals surface area contributed by atoms with E-state index in [0.717, 1.165) is 11.1 Å². The lowest BCUT2D eigenvalue weighted by Crippen LogP contribution is -2.34. The van der Waals surface area contributed by atoms with Gasteiger partial charge in [0, 0.05) is 5.56 Å². The molecule has 0 aliphatic carbocycles. The maximum atomic E-state index is 11.7. The van der Waals surface area contributed by atoms with E-state index in [1.807, 2.05) is 50.2 Å². The predicted octanol–water partition coefficient (Wildman–Crippen LogP) is 0.736. The van der Waals surface area contributed by atoms with E-state index < -0.39 is 0 Å². The molecule has 0 fully saturated rings. The molecule has 1 unspecified atom stereocenters. The van der Waals surface area contributed by atoms with Crippen molar-refractivity contribution in [1.29, 1.82) is 0 Å². The molecule has 0 aromatic heterocycles. The zero-order valence-corrected chi connectivity index (χ0v) is 11.7. The van der Waals surface area contributed by atoms with Crippen LogP contribution in [0.4, 0.5) is 0 Å². The minimum atomic E-state index is -0.0351. The largest absolute Gasteiger partial charge is 0.348 e. The molecule has 4 nitrogen and oxygen atoms in total. The first-order valence-electron chi connectivity index (χ1n) is 6.26. The fourth-order valence-corrected chi connectivity index (χ4v) is 1.70. The van der Waals surface area contributed by atoms with E-state index in [2.05, 4.69) is 17.2 Å². The first-order chi connectivity index (χ1) is 9.02. The van der Waals surface area contributed by atoms with Gasteiger partial charge in [-0.05, 0) is 38.7 Å². The van der Waals surface area contributed by atoms with Gasteiger partial charge in [-0.3, -0.25) is 4.79 Å². The highest BCUT2D eigenvalue weighted by atomic mass is 16.2. The van der Waals surface area contributed by atoms with Crippen LogP contribution in [0.5, 0.6) is 0 Å². The number of likely N-dealkylation sites (N-methyl/N-ethyl adjacent to an activating group) is 1. The standard InChI is InChI=1S/C15H21N3O/c1-12(17-15(19)11-18(2)3)14-8-4-6-13(10-14)7-5-9-16/h4,6,8,10,12H,9,11,16H2,1-3H3,(H,17,19). The second-order valence-electron chi connectivity index (χ2n) is 4.66. The van der Waals surface area contributed by atoms with E-state index in [1.54, 1.807) is 0 Å². The molecule has 4 heteroatoms. The van der Waals surface area contributed by atoms with Gasteiger partial charge in [0.25, 0.3) is 0 Å². The Morgan fingerprint density at radius 2 is 2.21 bits per heavy atom. The summed E-state index contributed by atoms with van der Waals surface area (Å²) in [5, 5.41) is 2.96. The lowest BCUT2D eigenvalue weighted by Gasteiger charge is -2.16. The maximum Gasteiger partial charge on any atom is 0.234 e. The molecule has 0 saturated carbocycles. The van der Waals surface area contributed by atoms with Gasteiger partial charge in [0.2, 0.25) is 5.91 Å². The van der Waals surface area contributed by atoms with Gasteiger partial charge in [0.1, 0.15) is 0 Å². The molecular formula is C15H21N3O. The van der Waals surface area contributed by atoms with Crippen LogP contribution in [0.3, 0.4) is 0 Å². The molecule has 0 bridgehead atoms. The summed E-state index contributed by atoms with van der Waals surface area (Å²) >= 11 is 0. The molecule has 0 saturated heterocycles. The minimum absolute atomic E-state index is 0.0101. The maximum absolute atomic E-state index is 11.7. The number of carbonyl (C=O) groups excluding carboxylic acids is 1. The molecule has 1 atom stereocenters. The van der Waals surface area contributed by atoms with Crippen LogP contribution in [0.1, 0.15) is 24.1 Å². The Morgan fingerprint density at radius 1 is 1.47 bits per heavy atom. The molecule has 0 heterocycles. The number of amides is 1. The highest BCUT2D eigenvalue weighted by Gasteiger charge is 2.10. The highest BCUT2D eigenvalue weighted by molar-refractivity contribution is 5.78. The van der Waals surface area contributed by atoms with Gasteiger partial charge >= 0.3 is 0 Å². The summed E-state index contributed by atoms with van der Waals surface area (Å²) in [4.78, 5) is 13.5. The molecule has 0 aliphatic rings. The number of rotatable bonds is 4. The van der Waals surface area contributed by atoms with Crippen LogP contribution in [0.25, 0.3) is 0 Å². The number of nitrogens with one attached hydrogen (secondary N) is 1. The predicted molar refractivity (Wildman–Crippen MR) is 77.5 cm³/mol. The molecule has 3 N–H and O–H groups in total. The smallest absolute Gasteiger partial charge is 0.234 e. The monoisotopic (exact) mass is 259 g/mol. The zero-order valence-electron chi connectivity index (χ0n) is 11.7. The van der Waals surface area contributed by atoms with Crippen LogP contribution < -0.4 is 11.1 Å². The summed E-state index contributed by atoms with van der Waals surface area (Å²) < 4.78 is 0. The summed E-state index contributed by atoms with van der Waals surface area (Å²) in [5.41, 5.74) is 7.30.